The fraction of sp³-hybridized carbons (Fsp3) is 0.0588. The molecule has 0 atom stereocenters. The Morgan fingerprint density at radius 2 is 1.79 bits per heavy atom. The van der Waals surface area contributed by atoms with E-state index < -0.39 is 7.12 Å². The molecule has 1 heterocycles. The second-order valence-corrected chi connectivity index (χ2v) is 5.14. The number of para-hydroxylation sites is 1. The van der Waals surface area contributed by atoms with Crippen LogP contribution in [0.5, 0.6) is 5.75 Å². The first-order valence-electron chi connectivity index (χ1n) is 7.27. The quantitative estimate of drug-likeness (QED) is 0.551. The van der Waals surface area contributed by atoms with Crippen molar-refractivity contribution >= 4 is 12.6 Å². The van der Waals surface area contributed by atoms with Gasteiger partial charge in [-0.2, -0.15) is 0 Å². The van der Waals surface area contributed by atoms with Gasteiger partial charge in [0.2, 0.25) is 5.89 Å². The van der Waals surface area contributed by atoms with Gasteiger partial charge in [0.05, 0.1) is 11.8 Å². The number of aryl methyl sites for hydroxylation is 1. The number of ether oxygens (including phenoxy) is 1. The lowest BCUT2D eigenvalue weighted by atomic mass is 9.80. The Balaban J connectivity index is 1.96. The Kier molecular flexibility index (Phi) is 4.46. The molecule has 0 bridgehead atoms. The zero-order valence-electron chi connectivity index (χ0n) is 13.0. The molecule has 3 rings (SSSR count). The van der Waals surface area contributed by atoms with E-state index >= 15 is 0 Å². The number of nitrogens with zero attached hydrogens (tertiary/aromatic N) is 2. The number of hydrogen-bond donors (Lipinski definition) is 2. The molecule has 0 fully saturated rings. The van der Waals surface area contributed by atoms with E-state index in [2.05, 4.69) is 16.8 Å². The summed E-state index contributed by atoms with van der Waals surface area (Å²) >= 11 is 0. The van der Waals surface area contributed by atoms with Gasteiger partial charge in [-0.1, -0.05) is 30.8 Å². The Morgan fingerprint density at radius 3 is 2.46 bits per heavy atom. The molecule has 3 aromatic rings. The first-order chi connectivity index (χ1) is 11.6. The largest absolute Gasteiger partial charge is 0.488 e. The standard InChI is InChI=1S/C17H15BN2O4/c1-3-23-15-11(2)5-4-6-14(15)17-20-19-16(24-17)12-7-9-13(10-8-12)18(21)22/h3-10,21-22H,1H2,2H3. The molecule has 1 aromatic heterocycles. The normalized spacial score (nSPS) is 10.5. The first kappa shape index (κ1) is 16.0. The van der Waals surface area contributed by atoms with Gasteiger partial charge in [0.1, 0.15) is 5.75 Å². The average Bonchev–Trinajstić information content (AvgIpc) is 3.07. The lowest BCUT2D eigenvalue weighted by Crippen LogP contribution is -2.29. The molecule has 6 nitrogen and oxygen atoms in total. The van der Waals surface area contributed by atoms with Crippen molar-refractivity contribution in [1.82, 2.24) is 10.2 Å². The highest BCUT2D eigenvalue weighted by Gasteiger charge is 2.17. The Labute approximate surface area is 139 Å². The van der Waals surface area contributed by atoms with E-state index in [1.807, 2.05) is 25.1 Å². The summed E-state index contributed by atoms with van der Waals surface area (Å²) in [6.45, 7) is 5.49. The molecule has 0 amide bonds. The van der Waals surface area contributed by atoms with Gasteiger partial charge in [0.25, 0.3) is 5.89 Å². The summed E-state index contributed by atoms with van der Waals surface area (Å²) in [7, 11) is -1.51. The summed E-state index contributed by atoms with van der Waals surface area (Å²) < 4.78 is 11.2. The van der Waals surface area contributed by atoms with Crippen LogP contribution in [0.1, 0.15) is 5.56 Å². The predicted octanol–water partition coefficient (Wildman–Crippen LogP) is 1.91. The second-order valence-electron chi connectivity index (χ2n) is 5.14. The van der Waals surface area contributed by atoms with Gasteiger partial charge in [-0.25, -0.2) is 0 Å². The van der Waals surface area contributed by atoms with E-state index in [1.165, 1.54) is 6.26 Å². The van der Waals surface area contributed by atoms with Gasteiger partial charge in [-0.3, -0.25) is 0 Å². The van der Waals surface area contributed by atoms with Crippen LogP contribution >= 0.6 is 0 Å². The number of aromatic nitrogens is 2. The Bertz CT molecular complexity index is 859. The Hall–Kier alpha value is -2.90. The average molecular weight is 322 g/mol. The van der Waals surface area contributed by atoms with E-state index in [1.54, 1.807) is 24.3 Å². The molecule has 7 heteroatoms. The maximum absolute atomic E-state index is 9.13. The van der Waals surface area contributed by atoms with E-state index in [0.717, 1.165) is 5.56 Å². The highest BCUT2D eigenvalue weighted by Crippen LogP contribution is 2.33. The van der Waals surface area contributed by atoms with Crippen molar-refractivity contribution in [2.24, 2.45) is 0 Å². The summed E-state index contributed by atoms with van der Waals surface area (Å²) in [5.74, 6) is 1.27. The van der Waals surface area contributed by atoms with E-state index in [4.69, 9.17) is 19.2 Å². The third-order valence-corrected chi connectivity index (χ3v) is 3.52. The van der Waals surface area contributed by atoms with Crippen LogP contribution < -0.4 is 10.2 Å². The highest BCUT2D eigenvalue weighted by atomic mass is 16.5. The molecule has 24 heavy (non-hydrogen) atoms. The minimum Gasteiger partial charge on any atom is -0.465 e. The summed E-state index contributed by atoms with van der Waals surface area (Å²) in [4.78, 5) is 0. The van der Waals surface area contributed by atoms with Crippen LogP contribution in [0.3, 0.4) is 0 Å². The topological polar surface area (TPSA) is 88.6 Å². The lowest BCUT2D eigenvalue weighted by molar-refractivity contribution is 0.426. The van der Waals surface area contributed by atoms with Crippen LogP contribution in [-0.4, -0.2) is 27.4 Å². The summed E-state index contributed by atoms with van der Waals surface area (Å²) in [5, 5.41) is 26.4. The van der Waals surface area contributed by atoms with Crippen molar-refractivity contribution in [2.75, 3.05) is 0 Å². The molecule has 0 unspecified atom stereocenters. The van der Waals surface area contributed by atoms with E-state index in [0.29, 0.717) is 34.1 Å². The van der Waals surface area contributed by atoms with E-state index in [9.17, 15) is 0 Å². The van der Waals surface area contributed by atoms with Crippen LogP contribution in [0.2, 0.25) is 0 Å². The minimum atomic E-state index is -1.51. The third kappa shape index (κ3) is 3.08. The zero-order valence-corrected chi connectivity index (χ0v) is 13.0. The molecular weight excluding hydrogens is 307 g/mol. The van der Waals surface area contributed by atoms with Gasteiger partial charge < -0.3 is 19.2 Å². The lowest BCUT2D eigenvalue weighted by Gasteiger charge is -2.07. The maximum atomic E-state index is 9.13. The fourth-order valence-corrected chi connectivity index (χ4v) is 2.31. The third-order valence-electron chi connectivity index (χ3n) is 3.52. The van der Waals surface area contributed by atoms with Gasteiger partial charge in [0, 0.05) is 5.56 Å². The molecule has 0 aliphatic rings. The molecule has 0 saturated carbocycles. The van der Waals surface area contributed by atoms with Crippen LogP contribution in [-0.2, 0) is 0 Å². The number of hydrogen-bond acceptors (Lipinski definition) is 6. The van der Waals surface area contributed by atoms with Crippen molar-refractivity contribution in [1.29, 1.82) is 0 Å². The van der Waals surface area contributed by atoms with Crippen molar-refractivity contribution in [3.8, 4) is 28.7 Å². The summed E-state index contributed by atoms with van der Waals surface area (Å²) in [6.07, 6.45) is 1.35. The monoisotopic (exact) mass is 322 g/mol. The smallest absolute Gasteiger partial charge is 0.465 e. The van der Waals surface area contributed by atoms with Crippen molar-refractivity contribution in [3.63, 3.8) is 0 Å². The molecule has 0 aliphatic carbocycles. The van der Waals surface area contributed by atoms with E-state index in [-0.39, 0.29) is 0 Å². The van der Waals surface area contributed by atoms with Gasteiger partial charge in [0.15, 0.2) is 0 Å². The summed E-state index contributed by atoms with van der Waals surface area (Å²) in [6, 6.07) is 12.2. The second kappa shape index (κ2) is 6.70. The number of rotatable bonds is 5. The predicted molar refractivity (Wildman–Crippen MR) is 90.6 cm³/mol. The highest BCUT2D eigenvalue weighted by molar-refractivity contribution is 6.58. The number of benzene rings is 2. The molecule has 2 N–H and O–H groups in total. The SMILES string of the molecule is C=COc1c(C)cccc1-c1nnc(-c2ccc(B(O)O)cc2)o1. The van der Waals surface area contributed by atoms with Gasteiger partial charge in [-0.05, 0) is 36.1 Å². The maximum Gasteiger partial charge on any atom is 0.488 e. The van der Waals surface area contributed by atoms with Crippen LogP contribution in [0.15, 0.2) is 59.7 Å². The van der Waals surface area contributed by atoms with Gasteiger partial charge in [-0.15, -0.1) is 10.2 Å². The first-order valence-corrected chi connectivity index (χ1v) is 7.27. The molecular formula is C17H15BN2O4. The molecule has 2 aromatic carbocycles. The van der Waals surface area contributed by atoms with Crippen molar-refractivity contribution < 1.29 is 19.2 Å². The zero-order chi connectivity index (χ0) is 17.1. The van der Waals surface area contributed by atoms with Crippen molar-refractivity contribution in [2.45, 2.75) is 6.92 Å². The fourth-order valence-electron chi connectivity index (χ4n) is 2.31. The summed E-state index contributed by atoms with van der Waals surface area (Å²) in [5.41, 5.74) is 2.67. The van der Waals surface area contributed by atoms with Crippen LogP contribution in [0.25, 0.3) is 22.9 Å². The minimum absolute atomic E-state index is 0.329. The van der Waals surface area contributed by atoms with Gasteiger partial charge >= 0.3 is 7.12 Å². The molecule has 0 radical (unpaired) electrons. The molecule has 0 spiro atoms. The molecule has 0 aliphatic heterocycles. The Morgan fingerprint density at radius 1 is 1.08 bits per heavy atom. The molecule has 0 saturated heterocycles. The van der Waals surface area contributed by atoms with Crippen molar-refractivity contribution in [3.05, 3.63) is 60.9 Å². The van der Waals surface area contributed by atoms with Crippen LogP contribution in [0.4, 0.5) is 0 Å². The van der Waals surface area contributed by atoms with Crippen LogP contribution in [0, 0.1) is 6.92 Å². The molecule has 120 valence electrons.